The van der Waals surface area contributed by atoms with Crippen molar-refractivity contribution in [3.8, 4) is 6.07 Å². The molecule has 130 valence electrons. The first-order valence-corrected chi connectivity index (χ1v) is 7.67. The average molecular weight is 390 g/mol. The molecule has 0 unspecified atom stereocenters. The second kappa shape index (κ2) is 6.78. The number of Topliss-reactive ketones (excluding diaryl/α,β-unsaturated/α-hetero) is 1. The van der Waals surface area contributed by atoms with Gasteiger partial charge in [-0.05, 0) is 13.0 Å². The summed E-state index contributed by atoms with van der Waals surface area (Å²) in [5.74, 6) is -2.40. The highest BCUT2D eigenvalue weighted by Gasteiger charge is 2.34. The third-order valence-corrected chi connectivity index (χ3v) is 4.55. The number of alkyl halides is 3. The summed E-state index contributed by atoms with van der Waals surface area (Å²) in [4.78, 5) is 26.3. The second-order valence-corrected chi connectivity index (χ2v) is 6.49. The predicted molar refractivity (Wildman–Crippen MR) is 82.6 cm³/mol. The Morgan fingerprint density at radius 2 is 2.12 bits per heavy atom. The topological polar surface area (TPSA) is 96.9 Å². The fourth-order valence-corrected chi connectivity index (χ4v) is 3.21. The minimum atomic E-state index is -4.67. The molecule has 0 saturated heterocycles. The van der Waals surface area contributed by atoms with Crippen molar-refractivity contribution in [3.05, 3.63) is 54.5 Å². The molecule has 25 heavy (non-hydrogen) atoms. The second-order valence-electron chi connectivity index (χ2n) is 4.82. The molecule has 1 atom stereocenters. The minimum Gasteiger partial charge on any atom is -0.291 e. The molecule has 2 heterocycles. The zero-order valence-electron chi connectivity index (χ0n) is 12.3. The SMILES string of the molecule is Cc1sc(C(=O)[C@@H](C#N)c2ncc(C(F)(F)F)cc2Cl)cc1[N+](=O)[O-]. The minimum absolute atomic E-state index is 0.0754. The molecule has 0 radical (unpaired) electrons. The lowest BCUT2D eigenvalue weighted by Gasteiger charge is -2.11. The maximum absolute atomic E-state index is 12.6. The molecule has 0 aliphatic heterocycles. The lowest BCUT2D eigenvalue weighted by molar-refractivity contribution is -0.385. The average Bonchev–Trinajstić information content (AvgIpc) is 2.90. The van der Waals surface area contributed by atoms with Crippen LogP contribution in [-0.2, 0) is 6.18 Å². The van der Waals surface area contributed by atoms with E-state index in [9.17, 15) is 33.3 Å². The maximum Gasteiger partial charge on any atom is 0.417 e. The number of hydrogen-bond acceptors (Lipinski definition) is 6. The van der Waals surface area contributed by atoms with Crippen LogP contribution in [0.15, 0.2) is 18.3 Å². The van der Waals surface area contributed by atoms with Crippen molar-refractivity contribution in [3.63, 3.8) is 0 Å². The van der Waals surface area contributed by atoms with Gasteiger partial charge in [0.25, 0.3) is 5.69 Å². The molecule has 0 amide bonds. The number of nitrogens with zero attached hydrogens (tertiary/aromatic N) is 3. The molecule has 2 aromatic rings. The summed E-state index contributed by atoms with van der Waals surface area (Å²) in [7, 11) is 0. The first-order chi connectivity index (χ1) is 11.6. The molecule has 0 spiro atoms. The van der Waals surface area contributed by atoms with Gasteiger partial charge in [-0.2, -0.15) is 18.4 Å². The van der Waals surface area contributed by atoms with Crippen molar-refractivity contribution < 1.29 is 22.9 Å². The first-order valence-electron chi connectivity index (χ1n) is 6.47. The summed E-state index contributed by atoms with van der Waals surface area (Å²) in [6.45, 7) is 1.43. The molecular formula is C14H7ClF3N3O3S. The van der Waals surface area contributed by atoms with Gasteiger partial charge in [-0.25, -0.2) is 0 Å². The van der Waals surface area contributed by atoms with Gasteiger partial charge in [0.1, 0.15) is 0 Å². The van der Waals surface area contributed by atoms with Crippen LogP contribution in [0.3, 0.4) is 0 Å². The van der Waals surface area contributed by atoms with E-state index in [0.29, 0.717) is 12.3 Å². The smallest absolute Gasteiger partial charge is 0.291 e. The summed E-state index contributed by atoms with van der Waals surface area (Å²) in [6.07, 6.45) is -4.20. The number of carbonyl (C=O) groups excluding carboxylic acids is 1. The van der Waals surface area contributed by atoms with Crippen LogP contribution in [0.25, 0.3) is 0 Å². The summed E-state index contributed by atoms with van der Waals surface area (Å²) in [5.41, 5.74) is -1.74. The molecule has 2 rings (SSSR count). The van der Waals surface area contributed by atoms with Gasteiger partial charge in [0.2, 0.25) is 0 Å². The van der Waals surface area contributed by atoms with E-state index in [1.165, 1.54) is 6.92 Å². The van der Waals surface area contributed by atoms with Crippen LogP contribution in [0, 0.1) is 28.4 Å². The first kappa shape index (κ1) is 18.8. The normalized spacial score (nSPS) is 12.5. The number of carbonyl (C=O) groups is 1. The van der Waals surface area contributed by atoms with E-state index in [4.69, 9.17) is 11.6 Å². The van der Waals surface area contributed by atoms with Crippen LogP contribution in [0.5, 0.6) is 0 Å². The number of ketones is 1. The van der Waals surface area contributed by atoms with Gasteiger partial charge in [-0.15, -0.1) is 11.3 Å². The molecule has 0 bridgehead atoms. The van der Waals surface area contributed by atoms with E-state index < -0.39 is 33.4 Å². The number of pyridine rings is 1. The van der Waals surface area contributed by atoms with Crippen LogP contribution >= 0.6 is 22.9 Å². The zero-order chi connectivity index (χ0) is 18.9. The molecule has 0 N–H and O–H groups in total. The third kappa shape index (κ3) is 3.78. The van der Waals surface area contributed by atoms with Gasteiger partial charge >= 0.3 is 6.18 Å². The Hall–Kier alpha value is -2.51. The summed E-state index contributed by atoms with van der Waals surface area (Å²) >= 11 is 6.57. The van der Waals surface area contributed by atoms with Gasteiger partial charge in [-0.3, -0.25) is 19.9 Å². The highest BCUT2D eigenvalue weighted by atomic mass is 35.5. The molecule has 0 aliphatic rings. The summed E-state index contributed by atoms with van der Waals surface area (Å²) < 4.78 is 37.9. The van der Waals surface area contributed by atoms with Crippen molar-refractivity contribution in [2.24, 2.45) is 0 Å². The Morgan fingerprint density at radius 1 is 1.48 bits per heavy atom. The quantitative estimate of drug-likeness (QED) is 0.435. The van der Waals surface area contributed by atoms with Crippen molar-refractivity contribution in [2.45, 2.75) is 19.0 Å². The van der Waals surface area contributed by atoms with E-state index >= 15 is 0 Å². The van der Waals surface area contributed by atoms with E-state index in [2.05, 4.69) is 4.98 Å². The standard InChI is InChI=1S/C14H7ClF3N3O3S/c1-6-10(21(23)24)3-11(25-6)13(22)8(4-19)12-9(15)2-7(5-20-12)14(16,17)18/h2-3,5,8H,1H3/t8-/m0/s1. The van der Waals surface area contributed by atoms with E-state index in [-0.39, 0.29) is 21.1 Å². The predicted octanol–water partition coefficient (Wildman–Crippen LogP) is 4.52. The van der Waals surface area contributed by atoms with Crippen molar-refractivity contribution >= 4 is 34.4 Å². The van der Waals surface area contributed by atoms with Gasteiger partial charge in [0.05, 0.1) is 37.0 Å². The number of aromatic nitrogens is 1. The van der Waals surface area contributed by atoms with Crippen molar-refractivity contribution in [2.75, 3.05) is 0 Å². The van der Waals surface area contributed by atoms with Crippen LogP contribution < -0.4 is 0 Å². The Bertz CT molecular complexity index is 905. The van der Waals surface area contributed by atoms with Crippen molar-refractivity contribution in [1.82, 2.24) is 4.98 Å². The molecular weight excluding hydrogens is 383 g/mol. The number of rotatable bonds is 4. The molecule has 0 fully saturated rings. The summed E-state index contributed by atoms with van der Waals surface area (Å²) in [5, 5.41) is 19.6. The zero-order valence-corrected chi connectivity index (χ0v) is 13.9. The van der Waals surface area contributed by atoms with Crippen LogP contribution in [0.1, 0.15) is 31.7 Å². The number of nitro groups is 1. The van der Waals surface area contributed by atoms with Gasteiger partial charge in [0.15, 0.2) is 11.7 Å². The molecule has 2 aromatic heterocycles. The third-order valence-electron chi connectivity index (χ3n) is 3.19. The van der Waals surface area contributed by atoms with Crippen LogP contribution in [0.4, 0.5) is 18.9 Å². The summed E-state index contributed by atoms with van der Waals surface area (Å²) in [6, 6.07) is 3.22. The fourth-order valence-electron chi connectivity index (χ4n) is 1.98. The number of nitriles is 1. The van der Waals surface area contributed by atoms with E-state index in [1.807, 2.05) is 0 Å². The van der Waals surface area contributed by atoms with Gasteiger partial charge in [-0.1, -0.05) is 11.6 Å². The van der Waals surface area contributed by atoms with E-state index in [0.717, 1.165) is 17.4 Å². The van der Waals surface area contributed by atoms with E-state index in [1.54, 1.807) is 6.07 Å². The van der Waals surface area contributed by atoms with Crippen LogP contribution in [0.2, 0.25) is 5.02 Å². The fraction of sp³-hybridized carbons (Fsp3) is 0.214. The molecule has 0 aliphatic carbocycles. The Kier molecular flexibility index (Phi) is 5.10. The Labute approximate surface area is 147 Å². The number of halogens is 4. The highest BCUT2D eigenvalue weighted by Crippen LogP contribution is 2.35. The number of thiophene rings is 1. The number of aryl methyl sites for hydroxylation is 1. The monoisotopic (exact) mass is 389 g/mol. The highest BCUT2D eigenvalue weighted by molar-refractivity contribution is 7.14. The maximum atomic E-state index is 12.6. The Balaban J connectivity index is 2.43. The lowest BCUT2D eigenvalue weighted by atomic mass is 9.99. The van der Waals surface area contributed by atoms with Gasteiger partial charge in [0, 0.05) is 12.3 Å². The molecule has 6 nitrogen and oxygen atoms in total. The Morgan fingerprint density at radius 3 is 2.56 bits per heavy atom. The number of hydrogen-bond donors (Lipinski definition) is 0. The molecule has 0 saturated carbocycles. The van der Waals surface area contributed by atoms with Crippen molar-refractivity contribution in [1.29, 1.82) is 5.26 Å². The molecule has 0 aromatic carbocycles. The van der Waals surface area contributed by atoms with Crippen LogP contribution in [-0.4, -0.2) is 15.7 Å². The lowest BCUT2D eigenvalue weighted by Crippen LogP contribution is -2.14. The largest absolute Gasteiger partial charge is 0.417 e. The molecule has 11 heteroatoms. The van der Waals surface area contributed by atoms with Gasteiger partial charge < -0.3 is 0 Å².